The van der Waals surface area contributed by atoms with Crippen LogP contribution in [0, 0.1) is 5.41 Å². The van der Waals surface area contributed by atoms with Crippen molar-refractivity contribution in [3.05, 3.63) is 0 Å². The van der Waals surface area contributed by atoms with Gasteiger partial charge in [0, 0.05) is 25.7 Å². The molecule has 0 radical (unpaired) electrons. The molecule has 0 fully saturated rings. The Kier molecular flexibility index (Phi) is 8.52. The van der Waals surface area contributed by atoms with E-state index in [0.717, 1.165) is 25.3 Å². The maximum Gasteiger partial charge on any atom is 0.0443 e. The first-order chi connectivity index (χ1) is 7.55. The van der Waals surface area contributed by atoms with Gasteiger partial charge in [0.05, 0.1) is 0 Å². The van der Waals surface area contributed by atoms with Crippen molar-refractivity contribution in [1.29, 1.82) is 0 Å². The quantitative estimate of drug-likeness (QED) is 0.612. The molecule has 98 valence electrons. The fourth-order valence-corrected chi connectivity index (χ4v) is 2.52. The van der Waals surface area contributed by atoms with Gasteiger partial charge in [-0.2, -0.15) is 12.6 Å². The van der Waals surface area contributed by atoms with E-state index in [0.29, 0.717) is 11.5 Å². The third-order valence-corrected chi connectivity index (χ3v) is 4.38. The Bertz CT molecular complexity index is 161. The van der Waals surface area contributed by atoms with Crippen LogP contribution in [-0.4, -0.2) is 41.5 Å². The lowest BCUT2D eigenvalue weighted by Crippen LogP contribution is -2.42. The molecular weight excluding hydrogens is 218 g/mol. The standard InChI is InChI=1S/C13H29NOS/c1-5-13(6-2,11-16)10-14(12(3)4)8-7-9-15/h12,15-16H,5-11H2,1-4H3. The Hall–Kier alpha value is 0.270. The van der Waals surface area contributed by atoms with E-state index in [2.05, 4.69) is 45.2 Å². The first-order valence-corrected chi connectivity index (χ1v) is 7.14. The van der Waals surface area contributed by atoms with E-state index < -0.39 is 0 Å². The maximum absolute atomic E-state index is 8.93. The van der Waals surface area contributed by atoms with Crippen LogP contribution in [0.3, 0.4) is 0 Å². The van der Waals surface area contributed by atoms with Crippen molar-refractivity contribution in [3.8, 4) is 0 Å². The molecule has 0 heterocycles. The zero-order valence-corrected chi connectivity index (χ0v) is 12.3. The zero-order valence-electron chi connectivity index (χ0n) is 11.4. The highest BCUT2D eigenvalue weighted by molar-refractivity contribution is 7.80. The van der Waals surface area contributed by atoms with Crippen LogP contribution in [-0.2, 0) is 0 Å². The summed E-state index contributed by atoms with van der Waals surface area (Å²) < 4.78 is 0. The van der Waals surface area contributed by atoms with E-state index >= 15 is 0 Å². The van der Waals surface area contributed by atoms with Crippen molar-refractivity contribution in [2.24, 2.45) is 5.41 Å². The van der Waals surface area contributed by atoms with Gasteiger partial charge < -0.3 is 10.0 Å². The Labute approximate surface area is 107 Å². The highest BCUT2D eigenvalue weighted by Gasteiger charge is 2.28. The summed E-state index contributed by atoms with van der Waals surface area (Å²) in [6.07, 6.45) is 3.22. The van der Waals surface area contributed by atoms with Gasteiger partial charge in [-0.3, -0.25) is 0 Å². The van der Waals surface area contributed by atoms with Gasteiger partial charge in [-0.05, 0) is 44.3 Å². The van der Waals surface area contributed by atoms with Gasteiger partial charge in [0.25, 0.3) is 0 Å². The van der Waals surface area contributed by atoms with Gasteiger partial charge in [-0.25, -0.2) is 0 Å². The van der Waals surface area contributed by atoms with Crippen LogP contribution >= 0.6 is 12.6 Å². The number of hydrogen-bond donors (Lipinski definition) is 2. The highest BCUT2D eigenvalue weighted by atomic mass is 32.1. The molecule has 0 aliphatic rings. The van der Waals surface area contributed by atoms with Crippen molar-refractivity contribution in [1.82, 2.24) is 4.90 Å². The highest BCUT2D eigenvalue weighted by Crippen LogP contribution is 2.29. The summed E-state index contributed by atoms with van der Waals surface area (Å²) >= 11 is 4.52. The number of aliphatic hydroxyl groups excluding tert-OH is 1. The molecule has 0 spiro atoms. The average Bonchev–Trinajstić information content (AvgIpc) is 2.30. The van der Waals surface area contributed by atoms with E-state index in [1.54, 1.807) is 0 Å². The largest absolute Gasteiger partial charge is 0.396 e. The number of hydrogen-bond acceptors (Lipinski definition) is 3. The molecule has 0 aromatic heterocycles. The predicted octanol–water partition coefficient (Wildman–Crippen LogP) is 2.82. The molecule has 0 rings (SSSR count). The molecule has 0 aromatic rings. The lowest BCUT2D eigenvalue weighted by Gasteiger charge is -2.38. The third kappa shape index (κ3) is 5.07. The Morgan fingerprint density at radius 2 is 1.81 bits per heavy atom. The van der Waals surface area contributed by atoms with Crippen LogP contribution in [0.4, 0.5) is 0 Å². The Balaban J connectivity index is 4.44. The fraction of sp³-hybridized carbons (Fsp3) is 1.00. The number of aliphatic hydroxyl groups is 1. The van der Waals surface area contributed by atoms with Crippen molar-refractivity contribution in [2.45, 2.75) is 53.0 Å². The predicted molar refractivity (Wildman–Crippen MR) is 75.3 cm³/mol. The van der Waals surface area contributed by atoms with Gasteiger partial charge in [0.2, 0.25) is 0 Å². The van der Waals surface area contributed by atoms with E-state index in [1.807, 2.05) is 0 Å². The van der Waals surface area contributed by atoms with E-state index in [9.17, 15) is 0 Å². The summed E-state index contributed by atoms with van der Waals surface area (Å²) in [5, 5.41) is 8.93. The molecule has 0 aromatic carbocycles. The lowest BCUT2D eigenvalue weighted by atomic mass is 9.83. The molecule has 0 amide bonds. The Morgan fingerprint density at radius 1 is 1.25 bits per heavy atom. The summed E-state index contributed by atoms with van der Waals surface area (Å²) in [5.74, 6) is 0.947. The molecule has 16 heavy (non-hydrogen) atoms. The van der Waals surface area contributed by atoms with Crippen LogP contribution in [0.15, 0.2) is 0 Å². The monoisotopic (exact) mass is 247 g/mol. The van der Waals surface area contributed by atoms with E-state index in [-0.39, 0.29) is 6.61 Å². The molecule has 0 aliphatic heterocycles. The molecule has 0 unspecified atom stereocenters. The lowest BCUT2D eigenvalue weighted by molar-refractivity contribution is 0.119. The number of thiol groups is 1. The molecule has 0 saturated carbocycles. The molecule has 0 atom stereocenters. The molecule has 0 aliphatic carbocycles. The van der Waals surface area contributed by atoms with Crippen LogP contribution in [0.1, 0.15) is 47.0 Å². The summed E-state index contributed by atoms with van der Waals surface area (Å²) in [7, 11) is 0. The third-order valence-electron chi connectivity index (χ3n) is 3.71. The second kappa shape index (κ2) is 8.37. The Morgan fingerprint density at radius 3 is 2.12 bits per heavy atom. The molecule has 0 saturated heterocycles. The minimum Gasteiger partial charge on any atom is -0.396 e. The topological polar surface area (TPSA) is 23.5 Å². The summed E-state index contributed by atoms with van der Waals surface area (Å²) in [6.45, 7) is 11.3. The van der Waals surface area contributed by atoms with Gasteiger partial charge in [0.1, 0.15) is 0 Å². The number of rotatable bonds is 9. The van der Waals surface area contributed by atoms with Gasteiger partial charge in [-0.1, -0.05) is 13.8 Å². The summed E-state index contributed by atoms with van der Waals surface area (Å²) in [6, 6.07) is 0.545. The first-order valence-electron chi connectivity index (χ1n) is 6.51. The summed E-state index contributed by atoms with van der Waals surface area (Å²) in [4.78, 5) is 2.47. The normalized spacial score (nSPS) is 12.8. The minimum absolute atomic E-state index is 0.287. The van der Waals surface area contributed by atoms with Crippen LogP contribution in [0.25, 0.3) is 0 Å². The first kappa shape index (κ1) is 16.3. The van der Waals surface area contributed by atoms with Crippen LogP contribution in [0.2, 0.25) is 0 Å². The van der Waals surface area contributed by atoms with Gasteiger partial charge in [0.15, 0.2) is 0 Å². The second-order valence-electron chi connectivity index (χ2n) is 5.01. The number of nitrogens with zero attached hydrogens (tertiary/aromatic N) is 1. The summed E-state index contributed by atoms with van der Waals surface area (Å²) in [5.41, 5.74) is 0.336. The van der Waals surface area contributed by atoms with Crippen molar-refractivity contribution < 1.29 is 5.11 Å². The zero-order chi connectivity index (χ0) is 12.6. The van der Waals surface area contributed by atoms with Gasteiger partial charge in [-0.15, -0.1) is 0 Å². The second-order valence-corrected chi connectivity index (χ2v) is 5.32. The molecular formula is C13H29NOS. The van der Waals surface area contributed by atoms with Crippen molar-refractivity contribution in [2.75, 3.05) is 25.4 Å². The smallest absolute Gasteiger partial charge is 0.0443 e. The molecule has 2 nitrogen and oxygen atoms in total. The maximum atomic E-state index is 8.93. The minimum atomic E-state index is 0.287. The molecule has 1 N–H and O–H groups in total. The van der Waals surface area contributed by atoms with Crippen LogP contribution in [0.5, 0.6) is 0 Å². The van der Waals surface area contributed by atoms with E-state index in [1.165, 1.54) is 12.8 Å². The molecule has 0 bridgehead atoms. The fourth-order valence-electron chi connectivity index (χ4n) is 1.97. The van der Waals surface area contributed by atoms with Crippen LogP contribution < -0.4 is 0 Å². The molecule has 3 heteroatoms. The van der Waals surface area contributed by atoms with Crippen molar-refractivity contribution >= 4 is 12.6 Å². The van der Waals surface area contributed by atoms with Crippen molar-refractivity contribution in [3.63, 3.8) is 0 Å². The average molecular weight is 247 g/mol. The van der Waals surface area contributed by atoms with E-state index in [4.69, 9.17) is 5.11 Å². The SMILES string of the molecule is CCC(CC)(CS)CN(CCCO)C(C)C. The van der Waals surface area contributed by atoms with Gasteiger partial charge >= 0.3 is 0 Å².